The Morgan fingerprint density at radius 3 is 2.62 bits per heavy atom. The molecule has 1 aromatic carbocycles. The molecule has 32 heavy (non-hydrogen) atoms. The molecule has 5 rings (SSSR count). The number of amides is 3. The number of pyridine rings is 1. The Hall–Kier alpha value is -3.13. The van der Waals surface area contributed by atoms with Crippen molar-refractivity contribution in [2.75, 3.05) is 19.6 Å². The minimum absolute atomic E-state index is 0.0138. The van der Waals surface area contributed by atoms with Crippen molar-refractivity contribution < 1.29 is 14.4 Å². The third kappa shape index (κ3) is 3.90. The molecule has 164 valence electrons. The van der Waals surface area contributed by atoms with Crippen LogP contribution in [-0.4, -0.2) is 51.1 Å². The van der Waals surface area contributed by atoms with Crippen LogP contribution in [0, 0.1) is 5.92 Å². The van der Waals surface area contributed by atoms with E-state index in [-0.39, 0.29) is 47.4 Å². The summed E-state index contributed by atoms with van der Waals surface area (Å²) in [6.07, 6.45) is 2.79. The second-order valence-corrected chi connectivity index (χ2v) is 9.48. The number of piperidine rings is 1. The molecule has 0 saturated carbocycles. The summed E-state index contributed by atoms with van der Waals surface area (Å²) in [6.45, 7) is 1.88. The summed E-state index contributed by atoms with van der Waals surface area (Å²) >= 11 is 0.912. The molecule has 0 radical (unpaired) electrons. The van der Waals surface area contributed by atoms with Crippen molar-refractivity contribution in [2.24, 2.45) is 5.92 Å². The predicted octanol–water partition coefficient (Wildman–Crippen LogP) is 2.92. The molecule has 3 aliphatic heterocycles. The van der Waals surface area contributed by atoms with Gasteiger partial charge in [-0.15, -0.1) is 0 Å². The third-order valence-electron chi connectivity index (χ3n) is 6.35. The molecule has 2 atom stereocenters. The first-order valence-electron chi connectivity index (χ1n) is 10.8. The molecular formula is C24H23N3O4S. The molecule has 3 amide bonds. The number of imide groups is 1. The first kappa shape index (κ1) is 20.8. The van der Waals surface area contributed by atoms with Gasteiger partial charge in [0.2, 0.25) is 5.91 Å². The minimum atomic E-state index is -0.347. The number of aromatic nitrogens is 1. The Bertz CT molecular complexity index is 1170. The van der Waals surface area contributed by atoms with Gasteiger partial charge in [-0.25, -0.2) is 0 Å². The Morgan fingerprint density at radius 2 is 1.81 bits per heavy atom. The van der Waals surface area contributed by atoms with Gasteiger partial charge in [-0.2, -0.15) is 0 Å². The van der Waals surface area contributed by atoms with Crippen molar-refractivity contribution in [3.63, 3.8) is 0 Å². The highest BCUT2D eigenvalue weighted by atomic mass is 32.2. The van der Waals surface area contributed by atoms with Gasteiger partial charge in [0.25, 0.3) is 16.7 Å². The maximum atomic E-state index is 12.9. The number of benzene rings is 1. The molecule has 0 spiro atoms. The minimum Gasteiger partial charge on any atom is -0.342 e. The van der Waals surface area contributed by atoms with Crippen LogP contribution in [0.1, 0.15) is 30.0 Å². The van der Waals surface area contributed by atoms with Gasteiger partial charge in [0.15, 0.2) is 0 Å². The Kier molecular flexibility index (Phi) is 5.46. The maximum absolute atomic E-state index is 12.9. The van der Waals surface area contributed by atoms with Crippen LogP contribution in [-0.2, 0) is 16.1 Å². The van der Waals surface area contributed by atoms with E-state index in [1.807, 2.05) is 45.9 Å². The largest absolute Gasteiger partial charge is 0.342 e. The van der Waals surface area contributed by atoms with Gasteiger partial charge in [0.05, 0.1) is 4.91 Å². The normalized spacial score (nSPS) is 23.6. The van der Waals surface area contributed by atoms with Gasteiger partial charge in [0, 0.05) is 50.3 Å². The van der Waals surface area contributed by atoms with E-state index in [1.165, 1.54) is 0 Å². The number of rotatable bonds is 4. The standard InChI is InChI=1S/C24H23N3O4S/c28-21(25-13-17-11-18(15-25)19-7-4-8-22(29)27(19)14-17)9-10-26-23(30)20(32-24(26)31)12-16-5-2-1-3-6-16/h1-8,12,17-18H,9-11,13-15H2/b20-12-/t17?,18-/m0/s1. The fourth-order valence-corrected chi connectivity index (χ4v) is 5.72. The van der Waals surface area contributed by atoms with E-state index in [9.17, 15) is 19.2 Å². The average Bonchev–Trinajstić information content (AvgIpc) is 3.05. The average molecular weight is 450 g/mol. The molecule has 2 fully saturated rings. The van der Waals surface area contributed by atoms with Crippen LogP contribution in [0.4, 0.5) is 4.79 Å². The zero-order valence-corrected chi connectivity index (χ0v) is 18.3. The molecule has 2 aromatic rings. The van der Waals surface area contributed by atoms with Crippen LogP contribution >= 0.6 is 11.8 Å². The molecule has 3 aliphatic rings. The van der Waals surface area contributed by atoms with Crippen molar-refractivity contribution >= 4 is 34.9 Å². The van der Waals surface area contributed by atoms with E-state index >= 15 is 0 Å². The summed E-state index contributed by atoms with van der Waals surface area (Å²) in [5.74, 6) is -0.0133. The van der Waals surface area contributed by atoms with Gasteiger partial charge in [-0.05, 0) is 41.8 Å². The van der Waals surface area contributed by atoms with Crippen molar-refractivity contribution in [3.05, 3.63) is 75.0 Å². The molecule has 4 heterocycles. The second-order valence-electron chi connectivity index (χ2n) is 8.49. The van der Waals surface area contributed by atoms with E-state index in [0.717, 1.165) is 34.3 Å². The summed E-state index contributed by atoms with van der Waals surface area (Å²) in [6, 6.07) is 14.7. The van der Waals surface area contributed by atoms with Crippen molar-refractivity contribution in [1.82, 2.24) is 14.4 Å². The lowest BCUT2D eigenvalue weighted by Gasteiger charge is -2.42. The lowest BCUT2D eigenvalue weighted by Crippen LogP contribution is -2.49. The van der Waals surface area contributed by atoms with Gasteiger partial charge in [-0.1, -0.05) is 36.4 Å². The van der Waals surface area contributed by atoms with Gasteiger partial charge < -0.3 is 9.47 Å². The molecule has 8 heteroatoms. The Balaban J connectivity index is 1.23. The summed E-state index contributed by atoms with van der Waals surface area (Å²) in [5, 5.41) is -0.339. The summed E-state index contributed by atoms with van der Waals surface area (Å²) < 4.78 is 1.83. The lowest BCUT2D eigenvalue weighted by atomic mass is 9.83. The molecule has 1 unspecified atom stereocenters. The van der Waals surface area contributed by atoms with Crippen LogP contribution in [0.15, 0.2) is 58.2 Å². The number of nitrogens with zero attached hydrogens (tertiary/aromatic N) is 3. The van der Waals surface area contributed by atoms with Crippen molar-refractivity contribution in [3.8, 4) is 0 Å². The highest BCUT2D eigenvalue weighted by molar-refractivity contribution is 8.18. The molecule has 2 bridgehead atoms. The zero-order valence-electron chi connectivity index (χ0n) is 17.5. The van der Waals surface area contributed by atoms with Crippen LogP contribution in [0.2, 0.25) is 0 Å². The summed E-state index contributed by atoms with van der Waals surface area (Å²) in [7, 11) is 0. The number of hydrogen-bond acceptors (Lipinski definition) is 5. The van der Waals surface area contributed by atoms with Crippen LogP contribution in [0.3, 0.4) is 0 Å². The van der Waals surface area contributed by atoms with Crippen molar-refractivity contribution in [1.29, 1.82) is 0 Å². The fourth-order valence-electron chi connectivity index (χ4n) is 4.86. The number of carbonyl (C=O) groups is 3. The number of likely N-dealkylation sites (tertiary alicyclic amines) is 1. The number of thioether (sulfide) groups is 1. The fraction of sp³-hybridized carbons (Fsp3) is 0.333. The van der Waals surface area contributed by atoms with E-state index in [4.69, 9.17) is 0 Å². The van der Waals surface area contributed by atoms with Crippen LogP contribution in [0.5, 0.6) is 0 Å². The number of hydrogen-bond donors (Lipinski definition) is 0. The van der Waals surface area contributed by atoms with Gasteiger partial charge in [0.1, 0.15) is 0 Å². The highest BCUT2D eigenvalue weighted by Crippen LogP contribution is 2.36. The van der Waals surface area contributed by atoms with Gasteiger partial charge >= 0.3 is 0 Å². The predicted molar refractivity (Wildman–Crippen MR) is 122 cm³/mol. The van der Waals surface area contributed by atoms with Crippen molar-refractivity contribution in [2.45, 2.75) is 25.3 Å². The Labute approximate surface area is 189 Å². The van der Waals surface area contributed by atoms with E-state index in [0.29, 0.717) is 24.5 Å². The summed E-state index contributed by atoms with van der Waals surface area (Å²) in [4.78, 5) is 53.6. The molecular weight excluding hydrogens is 426 g/mol. The molecule has 1 aromatic heterocycles. The van der Waals surface area contributed by atoms with Crippen LogP contribution < -0.4 is 5.56 Å². The first-order chi connectivity index (χ1) is 15.5. The molecule has 2 saturated heterocycles. The molecule has 7 nitrogen and oxygen atoms in total. The first-order valence-corrected chi connectivity index (χ1v) is 11.6. The highest BCUT2D eigenvalue weighted by Gasteiger charge is 2.38. The molecule has 0 aliphatic carbocycles. The monoisotopic (exact) mass is 449 g/mol. The topological polar surface area (TPSA) is 79.7 Å². The van der Waals surface area contributed by atoms with E-state index in [1.54, 1.807) is 18.2 Å². The number of carbonyl (C=O) groups excluding carboxylic acids is 3. The quantitative estimate of drug-likeness (QED) is 0.671. The Morgan fingerprint density at radius 1 is 1.00 bits per heavy atom. The lowest BCUT2D eigenvalue weighted by molar-refractivity contribution is -0.134. The third-order valence-corrected chi connectivity index (χ3v) is 7.26. The SMILES string of the molecule is O=C(CCN1C(=O)S/C(=C\c2ccccc2)C1=O)N1CC2C[C@@H](C1)c1cccc(=O)n1C2. The maximum Gasteiger partial charge on any atom is 0.293 e. The molecule has 0 N–H and O–H groups in total. The smallest absolute Gasteiger partial charge is 0.293 e. The van der Waals surface area contributed by atoms with Crippen LogP contribution in [0.25, 0.3) is 6.08 Å². The van der Waals surface area contributed by atoms with Gasteiger partial charge in [-0.3, -0.25) is 24.1 Å². The second kappa shape index (κ2) is 8.43. The zero-order chi connectivity index (χ0) is 22.2. The van der Waals surface area contributed by atoms with E-state index in [2.05, 4.69) is 0 Å². The van der Waals surface area contributed by atoms with E-state index < -0.39 is 0 Å². The summed E-state index contributed by atoms with van der Waals surface area (Å²) in [5.41, 5.74) is 1.86. The number of fused-ring (bicyclic) bond motifs is 4.